The van der Waals surface area contributed by atoms with E-state index in [1.54, 1.807) is 12.1 Å². The van der Waals surface area contributed by atoms with E-state index in [1.807, 2.05) is 13.0 Å². The first-order valence-electron chi connectivity index (χ1n) is 7.47. The largest absolute Gasteiger partial charge is 0.396 e. The van der Waals surface area contributed by atoms with Gasteiger partial charge in [0.25, 0.3) is 5.91 Å². The van der Waals surface area contributed by atoms with Crippen molar-refractivity contribution < 1.29 is 18.7 Å². The van der Waals surface area contributed by atoms with E-state index in [0.717, 1.165) is 23.3 Å². The molecule has 0 radical (unpaired) electrons. The summed E-state index contributed by atoms with van der Waals surface area (Å²) in [7, 11) is 0. The van der Waals surface area contributed by atoms with Crippen molar-refractivity contribution in [3.63, 3.8) is 0 Å². The Morgan fingerprint density at radius 2 is 1.92 bits per heavy atom. The van der Waals surface area contributed by atoms with Crippen molar-refractivity contribution in [1.29, 1.82) is 0 Å². The van der Waals surface area contributed by atoms with Gasteiger partial charge in [0.2, 0.25) is 0 Å². The number of H-pyrrole nitrogens is 1. The third-order valence-corrected chi connectivity index (χ3v) is 3.77. The van der Waals surface area contributed by atoms with E-state index in [9.17, 15) is 13.6 Å². The standard InChI is InChI=1S/C18H16F2N2O2/c1-10-4-11(2-3-23)6-12(5-10)18(24)22-17-9-21-16-8-15(20)14(19)7-13(16)17/h4-9,21,23H,2-3H2,1H3,(H,22,24). The Labute approximate surface area is 137 Å². The number of hydrogen-bond donors (Lipinski definition) is 3. The van der Waals surface area contributed by atoms with Gasteiger partial charge in [-0.15, -0.1) is 0 Å². The first-order chi connectivity index (χ1) is 11.5. The lowest BCUT2D eigenvalue weighted by Gasteiger charge is -2.08. The molecule has 0 atom stereocenters. The number of nitrogens with one attached hydrogen (secondary N) is 2. The van der Waals surface area contributed by atoms with E-state index in [-0.39, 0.29) is 12.5 Å². The smallest absolute Gasteiger partial charge is 0.255 e. The highest BCUT2D eigenvalue weighted by atomic mass is 19.2. The molecule has 24 heavy (non-hydrogen) atoms. The van der Waals surface area contributed by atoms with Crippen molar-refractivity contribution >= 4 is 22.5 Å². The fourth-order valence-electron chi connectivity index (χ4n) is 2.68. The van der Waals surface area contributed by atoms with Gasteiger partial charge >= 0.3 is 0 Å². The SMILES string of the molecule is Cc1cc(CCO)cc(C(=O)Nc2c[nH]c3cc(F)c(F)cc23)c1. The van der Waals surface area contributed by atoms with Crippen molar-refractivity contribution in [2.75, 3.05) is 11.9 Å². The Bertz CT molecular complexity index is 919. The number of rotatable bonds is 4. The van der Waals surface area contributed by atoms with Gasteiger partial charge in [-0.1, -0.05) is 11.6 Å². The van der Waals surface area contributed by atoms with Crippen LogP contribution in [0.4, 0.5) is 14.5 Å². The van der Waals surface area contributed by atoms with Crippen molar-refractivity contribution in [2.24, 2.45) is 0 Å². The summed E-state index contributed by atoms with van der Waals surface area (Å²) < 4.78 is 26.7. The third-order valence-electron chi connectivity index (χ3n) is 3.77. The van der Waals surface area contributed by atoms with Crippen LogP contribution in [0.3, 0.4) is 0 Å². The first-order valence-corrected chi connectivity index (χ1v) is 7.47. The monoisotopic (exact) mass is 330 g/mol. The van der Waals surface area contributed by atoms with Gasteiger partial charge in [-0.3, -0.25) is 4.79 Å². The van der Waals surface area contributed by atoms with Crippen LogP contribution in [0, 0.1) is 18.6 Å². The van der Waals surface area contributed by atoms with E-state index in [0.29, 0.717) is 28.6 Å². The number of fused-ring (bicyclic) bond motifs is 1. The minimum atomic E-state index is -0.974. The minimum Gasteiger partial charge on any atom is -0.396 e. The van der Waals surface area contributed by atoms with Gasteiger partial charge in [0, 0.05) is 29.8 Å². The first kappa shape index (κ1) is 16.1. The van der Waals surface area contributed by atoms with Gasteiger partial charge in [-0.05, 0) is 37.1 Å². The molecule has 3 aromatic rings. The van der Waals surface area contributed by atoms with Gasteiger partial charge < -0.3 is 15.4 Å². The van der Waals surface area contributed by atoms with E-state index in [2.05, 4.69) is 10.3 Å². The van der Waals surface area contributed by atoms with Crippen LogP contribution < -0.4 is 5.32 Å². The summed E-state index contributed by atoms with van der Waals surface area (Å²) in [6.45, 7) is 1.86. The molecule has 0 aliphatic carbocycles. The number of aromatic amines is 1. The second kappa shape index (κ2) is 6.41. The lowest BCUT2D eigenvalue weighted by molar-refractivity contribution is 0.102. The molecule has 0 spiro atoms. The summed E-state index contributed by atoms with van der Waals surface area (Å²) in [4.78, 5) is 15.3. The van der Waals surface area contributed by atoms with Gasteiger partial charge in [0.05, 0.1) is 11.2 Å². The summed E-state index contributed by atoms with van der Waals surface area (Å²) in [6, 6.07) is 7.42. The third kappa shape index (κ3) is 3.14. The second-order valence-electron chi connectivity index (χ2n) is 5.65. The number of carbonyl (C=O) groups excluding carboxylic acids is 1. The number of amides is 1. The summed E-state index contributed by atoms with van der Waals surface area (Å²) >= 11 is 0. The second-order valence-corrected chi connectivity index (χ2v) is 5.65. The molecule has 0 fully saturated rings. The zero-order valence-electron chi connectivity index (χ0n) is 13.0. The summed E-state index contributed by atoms with van der Waals surface area (Å²) in [5.41, 5.74) is 2.97. The highest BCUT2D eigenvalue weighted by Gasteiger charge is 2.13. The maximum Gasteiger partial charge on any atom is 0.255 e. The number of aliphatic hydroxyl groups is 1. The normalized spacial score (nSPS) is 11.0. The molecule has 3 rings (SSSR count). The molecule has 0 unspecified atom stereocenters. The molecule has 1 amide bonds. The number of aliphatic hydroxyl groups excluding tert-OH is 1. The molecule has 0 aliphatic heterocycles. The fourth-order valence-corrected chi connectivity index (χ4v) is 2.68. The molecule has 1 aromatic heterocycles. The van der Waals surface area contributed by atoms with E-state index >= 15 is 0 Å². The number of anilines is 1. The molecule has 0 saturated heterocycles. The number of halogens is 2. The predicted octanol–water partition coefficient (Wildman–Crippen LogP) is 3.54. The fraction of sp³-hybridized carbons (Fsp3) is 0.167. The zero-order valence-corrected chi connectivity index (χ0v) is 13.0. The Morgan fingerprint density at radius 1 is 1.17 bits per heavy atom. The summed E-state index contributed by atoms with van der Waals surface area (Å²) in [5, 5.41) is 12.1. The van der Waals surface area contributed by atoms with Crippen LogP contribution in [-0.2, 0) is 6.42 Å². The lowest BCUT2D eigenvalue weighted by Crippen LogP contribution is -2.12. The quantitative estimate of drug-likeness (QED) is 0.685. The van der Waals surface area contributed by atoms with Crippen LogP contribution in [0.5, 0.6) is 0 Å². The van der Waals surface area contributed by atoms with E-state index in [4.69, 9.17) is 5.11 Å². The maximum atomic E-state index is 13.4. The van der Waals surface area contributed by atoms with Crippen molar-refractivity contribution in [1.82, 2.24) is 4.98 Å². The highest BCUT2D eigenvalue weighted by molar-refractivity contribution is 6.09. The molecule has 0 saturated carbocycles. The summed E-state index contributed by atoms with van der Waals surface area (Å²) in [5.74, 6) is -2.28. The van der Waals surface area contributed by atoms with Gasteiger partial charge in [0.15, 0.2) is 11.6 Å². The van der Waals surface area contributed by atoms with Crippen LogP contribution in [0.25, 0.3) is 10.9 Å². The van der Waals surface area contributed by atoms with E-state index < -0.39 is 11.6 Å². The van der Waals surface area contributed by atoms with Crippen LogP contribution in [0.2, 0.25) is 0 Å². The minimum absolute atomic E-state index is 0.00218. The lowest BCUT2D eigenvalue weighted by atomic mass is 10.0. The van der Waals surface area contributed by atoms with Crippen LogP contribution in [-0.4, -0.2) is 22.6 Å². The zero-order chi connectivity index (χ0) is 17.3. The average molecular weight is 330 g/mol. The molecular formula is C18H16F2N2O2. The number of hydrogen-bond acceptors (Lipinski definition) is 2. The van der Waals surface area contributed by atoms with Gasteiger partial charge in [-0.2, -0.15) is 0 Å². The Balaban J connectivity index is 1.91. The molecule has 2 aromatic carbocycles. The number of carbonyl (C=O) groups is 1. The van der Waals surface area contributed by atoms with Crippen molar-refractivity contribution in [2.45, 2.75) is 13.3 Å². The van der Waals surface area contributed by atoms with Gasteiger partial charge in [0.1, 0.15) is 0 Å². The molecule has 3 N–H and O–H groups in total. The molecule has 124 valence electrons. The maximum absolute atomic E-state index is 13.4. The number of benzene rings is 2. The van der Waals surface area contributed by atoms with Crippen LogP contribution in [0.1, 0.15) is 21.5 Å². The topological polar surface area (TPSA) is 65.1 Å². The van der Waals surface area contributed by atoms with Crippen LogP contribution in [0.15, 0.2) is 36.5 Å². The molecular weight excluding hydrogens is 314 g/mol. The number of aromatic nitrogens is 1. The molecule has 0 aliphatic rings. The highest BCUT2D eigenvalue weighted by Crippen LogP contribution is 2.26. The number of aryl methyl sites for hydroxylation is 1. The van der Waals surface area contributed by atoms with Crippen LogP contribution >= 0.6 is 0 Å². The Kier molecular flexibility index (Phi) is 4.31. The molecule has 6 heteroatoms. The summed E-state index contributed by atoms with van der Waals surface area (Å²) in [6.07, 6.45) is 1.95. The molecule has 0 bridgehead atoms. The predicted molar refractivity (Wildman–Crippen MR) is 88.1 cm³/mol. The molecule has 1 heterocycles. The van der Waals surface area contributed by atoms with Crippen molar-refractivity contribution in [3.05, 3.63) is 64.9 Å². The Hall–Kier alpha value is -2.73. The van der Waals surface area contributed by atoms with Crippen molar-refractivity contribution in [3.8, 4) is 0 Å². The molecule has 4 nitrogen and oxygen atoms in total. The average Bonchev–Trinajstić information content (AvgIpc) is 2.89. The Morgan fingerprint density at radius 3 is 2.67 bits per heavy atom. The van der Waals surface area contributed by atoms with Gasteiger partial charge in [-0.25, -0.2) is 8.78 Å². The van der Waals surface area contributed by atoms with E-state index in [1.165, 1.54) is 6.20 Å².